The van der Waals surface area contributed by atoms with E-state index in [1.165, 1.54) is 9.80 Å². The molecule has 1 aliphatic rings. The molecular formula is C19H34N2O3. The van der Waals surface area contributed by atoms with Gasteiger partial charge in [-0.1, -0.05) is 47.0 Å². The summed E-state index contributed by atoms with van der Waals surface area (Å²) in [6.07, 6.45) is 5.11. The van der Waals surface area contributed by atoms with E-state index in [1.54, 1.807) is 7.05 Å². The minimum atomic E-state index is -0.833. The molecule has 0 spiro atoms. The topological polar surface area (TPSA) is 57.7 Å². The van der Waals surface area contributed by atoms with Gasteiger partial charge in [0.1, 0.15) is 5.54 Å². The molecule has 1 rings (SSSR count). The fourth-order valence-corrected chi connectivity index (χ4v) is 3.64. The van der Waals surface area contributed by atoms with Gasteiger partial charge in [0, 0.05) is 13.0 Å². The second-order valence-corrected chi connectivity index (χ2v) is 7.25. The van der Waals surface area contributed by atoms with Crippen LogP contribution in [-0.2, 0) is 9.59 Å². The van der Waals surface area contributed by atoms with Crippen molar-refractivity contribution < 1.29 is 14.4 Å². The van der Waals surface area contributed by atoms with Gasteiger partial charge in [-0.3, -0.25) is 14.5 Å². The first-order valence-corrected chi connectivity index (χ1v) is 9.39. The van der Waals surface area contributed by atoms with Crippen LogP contribution in [-0.4, -0.2) is 46.7 Å². The number of rotatable bonds is 10. The maximum absolute atomic E-state index is 12.9. The maximum Gasteiger partial charge on any atom is 0.327 e. The lowest BCUT2D eigenvalue weighted by Gasteiger charge is -2.31. The van der Waals surface area contributed by atoms with Gasteiger partial charge < -0.3 is 4.90 Å². The number of Topliss-reactive ketones (excluding diaryl/α,β-unsaturated/α-hetero) is 1. The van der Waals surface area contributed by atoms with Crippen LogP contribution in [0.2, 0.25) is 0 Å². The molecule has 0 bridgehead atoms. The normalized spacial score (nSPS) is 22.6. The fraction of sp³-hybridized carbons (Fsp3) is 0.842. The van der Waals surface area contributed by atoms with Crippen molar-refractivity contribution in [2.45, 2.75) is 78.7 Å². The summed E-state index contributed by atoms with van der Waals surface area (Å²) in [4.78, 5) is 40.7. The van der Waals surface area contributed by atoms with E-state index >= 15 is 0 Å². The summed E-state index contributed by atoms with van der Waals surface area (Å²) in [7, 11) is 1.68. The number of carbonyl (C=O) groups is 3. The van der Waals surface area contributed by atoms with Gasteiger partial charge in [0.05, 0.1) is 6.54 Å². The molecule has 2 unspecified atom stereocenters. The van der Waals surface area contributed by atoms with Gasteiger partial charge in [0.2, 0.25) is 0 Å². The van der Waals surface area contributed by atoms with Crippen LogP contribution in [0, 0.1) is 11.8 Å². The number of nitrogens with zero attached hydrogens (tertiary/aromatic N) is 2. The van der Waals surface area contributed by atoms with E-state index in [0.29, 0.717) is 12.3 Å². The molecule has 0 aliphatic carbocycles. The van der Waals surface area contributed by atoms with Gasteiger partial charge in [-0.15, -0.1) is 0 Å². The molecule has 0 saturated carbocycles. The van der Waals surface area contributed by atoms with Crippen molar-refractivity contribution in [2.24, 2.45) is 11.8 Å². The number of imide groups is 1. The van der Waals surface area contributed by atoms with Crippen LogP contribution < -0.4 is 0 Å². The lowest BCUT2D eigenvalue weighted by molar-refractivity contribution is -0.136. The number of hydrogen-bond donors (Lipinski definition) is 0. The Hall–Kier alpha value is -1.39. The molecule has 2 atom stereocenters. The van der Waals surface area contributed by atoms with Crippen LogP contribution in [0.1, 0.15) is 73.1 Å². The molecule has 0 radical (unpaired) electrons. The molecular weight excluding hydrogens is 304 g/mol. The summed E-state index contributed by atoms with van der Waals surface area (Å²) >= 11 is 0. The first-order valence-electron chi connectivity index (χ1n) is 9.39. The number of carbonyl (C=O) groups excluding carboxylic acids is 3. The molecule has 0 N–H and O–H groups in total. The third-order valence-corrected chi connectivity index (χ3v) is 5.70. The van der Waals surface area contributed by atoms with Crippen molar-refractivity contribution in [3.63, 3.8) is 0 Å². The van der Waals surface area contributed by atoms with Crippen molar-refractivity contribution in [2.75, 3.05) is 13.6 Å². The molecule has 1 heterocycles. The van der Waals surface area contributed by atoms with Crippen LogP contribution in [0.5, 0.6) is 0 Å². The zero-order chi connectivity index (χ0) is 18.5. The number of urea groups is 1. The summed E-state index contributed by atoms with van der Waals surface area (Å²) < 4.78 is 0. The van der Waals surface area contributed by atoms with E-state index in [1.807, 2.05) is 20.8 Å². The minimum Gasteiger partial charge on any atom is -0.313 e. The van der Waals surface area contributed by atoms with E-state index in [0.717, 1.165) is 32.1 Å². The lowest BCUT2D eigenvalue weighted by atomic mass is 9.85. The number of ketones is 1. The molecule has 0 aromatic heterocycles. The Bertz CT molecular complexity index is 473. The summed E-state index contributed by atoms with van der Waals surface area (Å²) in [6.45, 7) is 9.99. The molecule has 24 heavy (non-hydrogen) atoms. The number of hydrogen-bond acceptors (Lipinski definition) is 3. The number of amides is 3. The first kappa shape index (κ1) is 20.7. The van der Waals surface area contributed by atoms with Gasteiger partial charge in [-0.2, -0.15) is 0 Å². The van der Waals surface area contributed by atoms with Crippen molar-refractivity contribution in [1.82, 2.24) is 9.80 Å². The van der Waals surface area contributed by atoms with E-state index < -0.39 is 5.54 Å². The van der Waals surface area contributed by atoms with Crippen LogP contribution in [0.15, 0.2) is 0 Å². The Kier molecular flexibility index (Phi) is 7.43. The highest BCUT2D eigenvalue weighted by molar-refractivity contribution is 6.09. The summed E-state index contributed by atoms with van der Waals surface area (Å²) in [6, 6.07) is -0.340. The first-order chi connectivity index (χ1) is 11.3. The molecule has 1 aliphatic heterocycles. The van der Waals surface area contributed by atoms with Gasteiger partial charge in [0.15, 0.2) is 5.78 Å². The number of likely N-dealkylation sites (N-methyl/N-ethyl adjacent to an activating group) is 1. The van der Waals surface area contributed by atoms with Crippen molar-refractivity contribution in [3.8, 4) is 0 Å². The summed E-state index contributed by atoms with van der Waals surface area (Å²) in [5, 5.41) is 0. The largest absolute Gasteiger partial charge is 0.327 e. The van der Waals surface area contributed by atoms with Gasteiger partial charge >= 0.3 is 6.03 Å². The van der Waals surface area contributed by atoms with Crippen LogP contribution >= 0.6 is 0 Å². The molecule has 138 valence electrons. The standard InChI is InChI=1S/C19H34N2O3/c1-7-11-15(10-4)16(22)13-21-17(23)19(5,20(6)18(21)24)12-14(8-2)9-3/h14-15H,7-13H2,1-6H3. The molecule has 5 heteroatoms. The van der Waals surface area contributed by atoms with Crippen LogP contribution in [0.4, 0.5) is 4.79 Å². The summed E-state index contributed by atoms with van der Waals surface area (Å²) in [5.74, 6) is 0.114. The Balaban J connectivity index is 2.93. The average Bonchev–Trinajstić information content (AvgIpc) is 2.73. The third-order valence-electron chi connectivity index (χ3n) is 5.70. The Morgan fingerprint density at radius 3 is 2.12 bits per heavy atom. The maximum atomic E-state index is 12.9. The average molecular weight is 338 g/mol. The second kappa shape index (κ2) is 8.63. The second-order valence-electron chi connectivity index (χ2n) is 7.25. The Morgan fingerprint density at radius 2 is 1.67 bits per heavy atom. The monoisotopic (exact) mass is 338 g/mol. The van der Waals surface area contributed by atoms with Crippen LogP contribution in [0.25, 0.3) is 0 Å². The zero-order valence-electron chi connectivity index (χ0n) is 16.2. The Morgan fingerprint density at radius 1 is 1.08 bits per heavy atom. The molecule has 1 fully saturated rings. The van der Waals surface area contributed by atoms with Gasteiger partial charge in [-0.05, 0) is 32.1 Å². The summed E-state index contributed by atoms with van der Waals surface area (Å²) in [5.41, 5.74) is -0.833. The molecule has 5 nitrogen and oxygen atoms in total. The van der Waals surface area contributed by atoms with E-state index in [-0.39, 0.29) is 30.2 Å². The highest BCUT2D eigenvalue weighted by Crippen LogP contribution is 2.34. The highest BCUT2D eigenvalue weighted by atomic mass is 16.2. The van der Waals surface area contributed by atoms with Crippen molar-refractivity contribution >= 4 is 17.7 Å². The molecule has 0 aromatic carbocycles. The van der Waals surface area contributed by atoms with E-state index in [9.17, 15) is 14.4 Å². The zero-order valence-corrected chi connectivity index (χ0v) is 16.2. The Labute approximate surface area is 146 Å². The predicted octanol–water partition coefficient (Wildman–Crippen LogP) is 3.86. The van der Waals surface area contributed by atoms with E-state index in [4.69, 9.17) is 0 Å². The van der Waals surface area contributed by atoms with Crippen molar-refractivity contribution in [3.05, 3.63) is 0 Å². The smallest absolute Gasteiger partial charge is 0.313 e. The third kappa shape index (κ3) is 3.98. The lowest BCUT2D eigenvalue weighted by Crippen LogP contribution is -2.46. The SMILES string of the molecule is CCCC(CC)C(=O)CN1C(=O)N(C)C(C)(CC(CC)CC)C1=O. The molecule has 3 amide bonds. The molecule has 0 aromatic rings. The van der Waals surface area contributed by atoms with Crippen LogP contribution in [0.3, 0.4) is 0 Å². The van der Waals surface area contributed by atoms with Gasteiger partial charge in [-0.25, -0.2) is 4.79 Å². The highest BCUT2D eigenvalue weighted by Gasteiger charge is 2.53. The quantitative estimate of drug-likeness (QED) is 0.568. The predicted molar refractivity (Wildman–Crippen MR) is 95.7 cm³/mol. The van der Waals surface area contributed by atoms with Gasteiger partial charge in [0.25, 0.3) is 5.91 Å². The molecule has 1 saturated heterocycles. The fourth-order valence-electron chi connectivity index (χ4n) is 3.64. The van der Waals surface area contributed by atoms with Crippen molar-refractivity contribution in [1.29, 1.82) is 0 Å². The van der Waals surface area contributed by atoms with E-state index in [2.05, 4.69) is 13.8 Å². The minimum absolute atomic E-state index is 0.00114.